The smallest absolute Gasteiger partial charge is 0.263 e. The highest BCUT2D eigenvalue weighted by Gasteiger charge is 2.26. The van der Waals surface area contributed by atoms with Crippen LogP contribution in [0.4, 0.5) is 5.82 Å². The number of amides is 1. The average Bonchev–Trinajstić information content (AvgIpc) is 2.75. The van der Waals surface area contributed by atoms with Crippen molar-refractivity contribution < 1.29 is 9.53 Å². The molecule has 1 fully saturated rings. The molecular weight excluding hydrogens is 446 g/mol. The Morgan fingerprint density at radius 3 is 2.53 bits per heavy atom. The Labute approximate surface area is 184 Å². The number of carbonyl (C=O) groups is 1. The van der Waals surface area contributed by atoms with Crippen molar-refractivity contribution >= 4 is 38.6 Å². The molecule has 0 saturated carbocycles. The molecule has 1 atom stereocenters. The zero-order chi connectivity index (χ0) is 21.1. The van der Waals surface area contributed by atoms with Crippen molar-refractivity contribution in [3.8, 4) is 5.75 Å². The first kappa shape index (κ1) is 20.6. The molecule has 0 radical (unpaired) electrons. The normalized spacial score (nSPS) is 15.9. The number of benzene rings is 2. The molecule has 4 rings (SSSR count). The summed E-state index contributed by atoms with van der Waals surface area (Å²) in [6, 6.07) is 15.2. The summed E-state index contributed by atoms with van der Waals surface area (Å²) in [5, 5.41) is 0.872. The molecule has 0 unspecified atom stereocenters. The molecule has 8 heteroatoms. The van der Waals surface area contributed by atoms with E-state index in [-0.39, 0.29) is 5.91 Å². The number of nitrogens with two attached hydrogens (primary N) is 1. The maximum absolute atomic E-state index is 12.8. The van der Waals surface area contributed by atoms with Crippen molar-refractivity contribution in [2.45, 2.75) is 19.6 Å². The van der Waals surface area contributed by atoms with Gasteiger partial charge in [-0.25, -0.2) is 9.97 Å². The molecule has 1 aliphatic rings. The fourth-order valence-electron chi connectivity index (χ4n) is 3.57. The molecular formula is C22H24BrN5O2. The van der Waals surface area contributed by atoms with Crippen molar-refractivity contribution in [3.05, 3.63) is 58.8 Å². The molecule has 2 aromatic carbocycles. The van der Waals surface area contributed by atoms with E-state index in [9.17, 15) is 4.79 Å². The number of nitrogen functional groups attached to an aromatic ring is 1. The van der Waals surface area contributed by atoms with Gasteiger partial charge in [0.25, 0.3) is 5.91 Å². The highest BCUT2D eigenvalue weighted by Crippen LogP contribution is 2.19. The lowest BCUT2D eigenvalue weighted by Crippen LogP contribution is -2.51. The highest BCUT2D eigenvalue weighted by atomic mass is 79.9. The van der Waals surface area contributed by atoms with Crippen molar-refractivity contribution in [2.75, 3.05) is 31.9 Å². The van der Waals surface area contributed by atoms with Gasteiger partial charge in [-0.1, -0.05) is 28.1 Å². The fraction of sp³-hybridized carbons (Fsp3) is 0.318. The molecule has 1 amide bonds. The Morgan fingerprint density at radius 1 is 1.10 bits per heavy atom. The van der Waals surface area contributed by atoms with E-state index < -0.39 is 6.10 Å². The van der Waals surface area contributed by atoms with Crippen LogP contribution in [0.25, 0.3) is 10.9 Å². The van der Waals surface area contributed by atoms with Crippen molar-refractivity contribution in [1.29, 1.82) is 0 Å². The first-order valence-electron chi connectivity index (χ1n) is 9.94. The Hall–Kier alpha value is -2.71. The molecule has 1 aromatic heterocycles. The Kier molecular flexibility index (Phi) is 6.15. The topological polar surface area (TPSA) is 84.6 Å². The summed E-state index contributed by atoms with van der Waals surface area (Å²) >= 11 is 3.40. The largest absolute Gasteiger partial charge is 0.481 e. The van der Waals surface area contributed by atoms with Crippen molar-refractivity contribution in [1.82, 2.24) is 19.8 Å². The maximum Gasteiger partial charge on any atom is 0.263 e. The lowest BCUT2D eigenvalue weighted by molar-refractivity contribution is -0.139. The number of nitrogens with zero attached hydrogens (tertiary/aromatic N) is 4. The second kappa shape index (κ2) is 8.97. The molecule has 1 aliphatic heterocycles. The highest BCUT2D eigenvalue weighted by molar-refractivity contribution is 9.10. The molecule has 2 N–H and O–H groups in total. The van der Waals surface area contributed by atoms with E-state index in [0.717, 1.165) is 28.5 Å². The number of hydrogen-bond donors (Lipinski definition) is 1. The Bertz CT molecular complexity index is 1040. The number of para-hydroxylation sites is 1. The minimum atomic E-state index is -0.527. The van der Waals surface area contributed by atoms with Gasteiger partial charge >= 0.3 is 0 Å². The van der Waals surface area contributed by atoms with Crippen molar-refractivity contribution in [3.63, 3.8) is 0 Å². The van der Waals surface area contributed by atoms with Gasteiger partial charge < -0.3 is 15.4 Å². The third-order valence-corrected chi connectivity index (χ3v) is 5.73. The van der Waals surface area contributed by atoms with E-state index in [2.05, 4.69) is 30.8 Å². The quantitative estimate of drug-likeness (QED) is 0.617. The maximum atomic E-state index is 12.8. The fourth-order valence-corrected chi connectivity index (χ4v) is 3.84. The third kappa shape index (κ3) is 4.71. The molecule has 0 bridgehead atoms. The van der Waals surface area contributed by atoms with Crippen LogP contribution in [0.1, 0.15) is 12.7 Å². The number of anilines is 1. The second-order valence-corrected chi connectivity index (χ2v) is 8.27. The lowest BCUT2D eigenvalue weighted by atomic mass is 10.2. The van der Waals surface area contributed by atoms with Gasteiger partial charge in [-0.15, -0.1) is 0 Å². The molecule has 1 saturated heterocycles. The minimum Gasteiger partial charge on any atom is -0.481 e. The van der Waals surface area contributed by atoms with Gasteiger partial charge in [0.1, 0.15) is 17.4 Å². The van der Waals surface area contributed by atoms with E-state index in [1.54, 1.807) is 6.92 Å². The van der Waals surface area contributed by atoms with Crippen LogP contribution in [0, 0.1) is 0 Å². The van der Waals surface area contributed by atoms with Crippen LogP contribution >= 0.6 is 15.9 Å². The van der Waals surface area contributed by atoms with Crippen LogP contribution in [-0.2, 0) is 11.3 Å². The van der Waals surface area contributed by atoms with Gasteiger partial charge in [-0.2, -0.15) is 0 Å². The van der Waals surface area contributed by atoms with Crippen molar-refractivity contribution in [2.24, 2.45) is 0 Å². The Morgan fingerprint density at radius 2 is 1.80 bits per heavy atom. The summed E-state index contributed by atoms with van der Waals surface area (Å²) in [5.74, 6) is 1.90. The molecule has 3 aromatic rings. The summed E-state index contributed by atoms with van der Waals surface area (Å²) in [4.78, 5) is 25.9. The van der Waals surface area contributed by atoms with Crippen LogP contribution in [-0.4, -0.2) is 58.0 Å². The van der Waals surface area contributed by atoms with Crippen LogP contribution in [0.15, 0.2) is 53.0 Å². The molecule has 30 heavy (non-hydrogen) atoms. The average molecular weight is 470 g/mol. The van der Waals surface area contributed by atoms with E-state index in [1.165, 1.54) is 0 Å². The zero-order valence-electron chi connectivity index (χ0n) is 16.8. The molecule has 0 spiro atoms. The molecule has 0 aliphatic carbocycles. The third-order valence-electron chi connectivity index (χ3n) is 5.20. The molecule has 156 valence electrons. The number of hydrogen-bond acceptors (Lipinski definition) is 6. The monoisotopic (exact) mass is 469 g/mol. The number of piperazine rings is 1. The summed E-state index contributed by atoms with van der Waals surface area (Å²) in [5.41, 5.74) is 6.94. The van der Waals surface area contributed by atoms with Gasteiger partial charge in [0, 0.05) is 36.0 Å². The van der Waals surface area contributed by atoms with E-state index in [0.29, 0.717) is 37.0 Å². The summed E-state index contributed by atoms with van der Waals surface area (Å²) in [6.07, 6.45) is -0.527. The number of aromatic nitrogens is 2. The number of ether oxygens (including phenoxy) is 1. The van der Waals surface area contributed by atoms with Gasteiger partial charge in [0.2, 0.25) is 0 Å². The first-order chi connectivity index (χ1) is 14.5. The van der Waals surface area contributed by atoms with E-state index in [1.807, 2.05) is 53.4 Å². The standard InChI is InChI=1S/C22H24BrN5O2/c1-15(30-17-8-6-16(23)7-9-17)22(29)28-12-10-27(11-13-28)14-20-25-19-5-3-2-4-18(19)21(24)26-20/h2-9,15H,10-14H2,1H3,(H2,24,25,26)/t15-/m0/s1. The zero-order valence-corrected chi connectivity index (χ0v) is 18.4. The minimum absolute atomic E-state index is 0.00349. The Balaban J connectivity index is 1.32. The SMILES string of the molecule is C[C@H](Oc1ccc(Br)cc1)C(=O)N1CCN(Cc2nc(N)c3ccccc3n2)CC1. The van der Waals surface area contributed by atoms with E-state index in [4.69, 9.17) is 10.5 Å². The van der Waals surface area contributed by atoms with E-state index >= 15 is 0 Å². The van der Waals surface area contributed by atoms with Crippen LogP contribution in [0.2, 0.25) is 0 Å². The predicted octanol–water partition coefficient (Wildman–Crippen LogP) is 3.09. The number of fused-ring (bicyclic) bond motifs is 1. The van der Waals surface area contributed by atoms with Gasteiger partial charge in [-0.05, 0) is 43.3 Å². The van der Waals surface area contributed by atoms with Crippen LogP contribution in [0.5, 0.6) is 5.75 Å². The summed E-state index contributed by atoms with van der Waals surface area (Å²) < 4.78 is 6.78. The van der Waals surface area contributed by atoms with Gasteiger partial charge in [0.05, 0.1) is 12.1 Å². The van der Waals surface area contributed by atoms with Gasteiger partial charge in [0.15, 0.2) is 6.10 Å². The predicted molar refractivity (Wildman–Crippen MR) is 120 cm³/mol. The number of carbonyl (C=O) groups excluding carboxylic acids is 1. The van der Waals surface area contributed by atoms with Gasteiger partial charge in [-0.3, -0.25) is 9.69 Å². The second-order valence-electron chi connectivity index (χ2n) is 7.36. The number of halogens is 1. The lowest BCUT2D eigenvalue weighted by Gasteiger charge is -2.35. The first-order valence-corrected chi connectivity index (χ1v) is 10.7. The number of rotatable bonds is 5. The molecule has 2 heterocycles. The molecule has 7 nitrogen and oxygen atoms in total. The summed E-state index contributed by atoms with van der Waals surface area (Å²) in [6.45, 7) is 5.22. The van der Waals surface area contributed by atoms with Crippen LogP contribution < -0.4 is 10.5 Å². The van der Waals surface area contributed by atoms with Crippen LogP contribution in [0.3, 0.4) is 0 Å². The summed E-state index contributed by atoms with van der Waals surface area (Å²) in [7, 11) is 0.